The summed E-state index contributed by atoms with van der Waals surface area (Å²) in [6, 6.07) is 17.0. The van der Waals surface area contributed by atoms with Crippen molar-refractivity contribution in [1.29, 1.82) is 0 Å². The lowest BCUT2D eigenvalue weighted by atomic mass is 9.98. The zero-order chi connectivity index (χ0) is 15.1. The van der Waals surface area contributed by atoms with Gasteiger partial charge in [-0.1, -0.05) is 53.2 Å². The highest BCUT2D eigenvalue weighted by molar-refractivity contribution is 9.10. The van der Waals surface area contributed by atoms with Crippen LogP contribution in [0.1, 0.15) is 31.0 Å². The minimum absolute atomic E-state index is 0.286. The highest BCUT2D eigenvalue weighted by Gasteiger charge is 2.13. The van der Waals surface area contributed by atoms with Gasteiger partial charge < -0.3 is 10.1 Å². The van der Waals surface area contributed by atoms with Crippen LogP contribution in [0.3, 0.4) is 0 Å². The maximum absolute atomic E-state index is 5.61. The van der Waals surface area contributed by atoms with E-state index < -0.39 is 0 Å². The van der Waals surface area contributed by atoms with Crippen LogP contribution in [0.4, 0.5) is 0 Å². The Morgan fingerprint density at radius 3 is 2.62 bits per heavy atom. The van der Waals surface area contributed by atoms with Crippen LogP contribution < -0.4 is 10.1 Å². The number of nitrogens with one attached hydrogen (secondary N) is 1. The van der Waals surface area contributed by atoms with Crippen molar-refractivity contribution in [2.75, 3.05) is 13.2 Å². The molecule has 3 heteroatoms. The first-order valence-corrected chi connectivity index (χ1v) is 8.23. The third-order valence-corrected chi connectivity index (χ3v) is 4.18. The Morgan fingerprint density at radius 2 is 1.90 bits per heavy atom. The molecular formula is C18H22BrNO. The van der Waals surface area contributed by atoms with Gasteiger partial charge in [0.25, 0.3) is 0 Å². The standard InChI is InChI=1S/C18H22BrNO/c1-3-20-18(13-14-8-5-6-11-17(14)19)15-9-7-10-16(12-15)21-4-2/h5-12,18,20H,3-4,13H2,1-2H3. The molecule has 0 heterocycles. The van der Waals surface area contributed by atoms with Crippen LogP contribution in [0.25, 0.3) is 0 Å². The largest absolute Gasteiger partial charge is 0.494 e. The molecule has 112 valence electrons. The molecule has 0 spiro atoms. The first-order chi connectivity index (χ1) is 10.2. The monoisotopic (exact) mass is 347 g/mol. The van der Waals surface area contributed by atoms with Gasteiger partial charge in [-0.2, -0.15) is 0 Å². The lowest BCUT2D eigenvalue weighted by molar-refractivity contribution is 0.339. The first-order valence-electron chi connectivity index (χ1n) is 7.44. The average Bonchev–Trinajstić information content (AvgIpc) is 2.49. The average molecular weight is 348 g/mol. The number of hydrogen-bond donors (Lipinski definition) is 1. The predicted octanol–water partition coefficient (Wildman–Crippen LogP) is 4.74. The molecule has 2 nitrogen and oxygen atoms in total. The number of rotatable bonds is 7. The fourth-order valence-corrected chi connectivity index (χ4v) is 2.87. The van der Waals surface area contributed by atoms with Crippen molar-refractivity contribution in [3.63, 3.8) is 0 Å². The van der Waals surface area contributed by atoms with Crippen LogP contribution in [-0.4, -0.2) is 13.2 Å². The van der Waals surface area contributed by atoms with E-state index in [0.717, 1.165) is 23.2 Å². The zero-order valence-corrected chi connectivity index (χ0v) is 14.2. The van der Waals surface area contributed by atoms with Gasteiger partial charge in [0.05, 0.1) is 6.61 Å². The summed E-state index contributed by atoms with van der Waals surface area (Å²) in [4.78, 5) is 0. The molecule has 0 aliphatic rings. The fraction of sp³-hybridized carbons (Fsp3) is 0.333. The van der Waals surface area contributed by atoms with Gasteiger partial charge in [-0.25, -0.2) is 0 Å². The van der Waals surface area contributed by atoms with E-state index in [1.165, 1.54) is 11.1 Å². The second kappa shape index (κ2) is 8.20. The van der Waals surface area contributed by atoms with Gasteiger partial charge in [-0.15, -0.1) is 0 Å². The second-order valence-corrected chi connectivity index (χ2v) is 5.77. The Morgan fingerprint density at radius 1 is 1.10 bits per heavy atom. The molecule has 21 heavy (non-hydrogen) atoms. The van der Waals surface area contributed by atoms with E-state index in [2.05, 4.69) is 64.6 Å². The molecule has 1 unspecified atom stereocenters. The Kier molecular flexibility index (Phi) is 6.27. The molecule has 0 saturated carbocycles. The van der Waals surface area contributed by atoms with Crippen LogP contribution in [0.5, 0.6) is 5.75 Å². The molecule has 2 aromatic carbocycles. The molecule has 2 rings (SSSR count). The van der Waals surface area contributed by atoms with E-state index in [4.69, 9.17) is 4.74 Å². The Labute approximate surface area is 135 Å². The van der Waals surface area contributed by atoms with Crippen LogP contribution in [0, 0.1) is 0 Å². The molecule has 1 atom stereocenters. The summed E-state index contributed by atoms with van der Waals surface area (Å²) in [5.74, 6) is 0.935. The minimum atomic E-state index is 0.286. The van der Waals surface area contributed by atoms with E-state index in [1.807, 2.05) is 19.1 Å². The SMILES string of the molecule is CCNC(Cc1ccccc1Br)c1cccc(OCC)c1. The van der Waals surface area contributed by atoms with E-state index in [0.29, 0.717) is 6.61 Å². The minimum Gasteiger partial charge on any atom is -0.494 e. The van der Waals surface area contributed by atoms with Gasteiger partial charge in [-0.05, 0) is 49.2 Å². The van der Waals surface area contributed by atoms with Crippen molar-refractivity contribution in [2.24, 2.45) is 0 Å². The molecule has 0 saturated heterocycles. The lowest BCUT2D eigenvalue weighted by Gasteiger charge is -2.20. The molecule has 2 aromatic rings. The lowest BCUT2D eigenvalue weighted by Crippen LogP contribution is -2.23. The number of halogens is 1. The fourth-order valence-electron chi connectivity index (χ4n) is 2.43. The molecule has 0 radical (unpaired) electrons. The van der Waals surface area contributed by atoms with E-state index in [9.17, 15) is 0 Å². The zero-order valence-electron chi connectivity index (χ0n) is 12.6. The maximum Gasteiger partial charge on any atom is 0.119 e. The Bertz CT molecular complexity index is 571. The van der Waals surface area contributed by atoms with Crippen molar-refractivity contribution in [1.82, 2.24) is 5.32 Å². The van der Waals surface area contributed by atoms with Crippen molar-refractivity contribution >= 4 is 15.9 Å². The quantitative estimate of drug-likeness (QED) is 0.780. The van der Waals surface area contributed by atoms with Gasteiger partial charge in [0.1, 0.15) is 5.75 Å². The summed E-state index contributed by atoms with van der Waals surface area (Å²) in [6.07, 6.45) is 0.949. The summed E-state index contributed by atoms with van der Waals surface area (Å²) < 4.78 is 6.77. The molecule has 0 aliphatic heterocycles. The Balaban J connectivity index is 2.22. The van der Waals surface area contributed by atoms with E-state index in [1.54, 1.807) is 0 Å². The normalized spacial score (nSPS) is 12.1. The van der Waals surface area contributed by atoms with Crippen LogP contribution in [-0.2, 0) is 6.42 Å². The highest BCUT2D eigenvalue weighted by atomic mass is 79.9. The van der Waals surface area contributed by atoms with Gasteiger partial charge in [0.2, 0.25) is 0 Å². The van der Waals surface area contributed by atoms with Gasteiger partial charge >= 0.3 is 0 Å². The number of hydrogen-bond acceptors (Lipinski definition) is 2. The third kappa shape index (κ3) is 4.58. The van der Waals surface area contributed by atoms with Crippen LogP contribution in [0.15, 0.2) is 53.0 Å². The molecule has 1 N–H and O–H groups in total. The number of likely N-dealkylation sites (N-methyl/N-ethyl adjacent to an activating group) is 1. The Hall–Kier alpha value is -1.32. The van der Waals surface area contributed by atoms with Gasteiger partial charge in [-0.3, -0.25) is 0 Å². The van der Waals surface area contributed by atoms with Crippen molar-refractivity contribution in [2.45, 2.75) is 26.3 Å². The summed E-state index contributed by atoms with van der Waals surface area (Å²) in [5.41, 5.74) is 2.57. The topological polar surface area (TPSA) is 21.3 Å². The van der Waals surface area contributed by atoms with Gasteiger partial charge in [0, 0.05) is 10.5 Å². The molecule has 0 aromatic heterocycles. The third-order valence-electron chi connectivity index (χ3n) is 3.40. The number of ether oxygens (including phenoxy) is 1. The number of benzene rings is 2. The maximum atomic E-state index is 5.61. The molecule has 0 fully saturated rings. The predicted molar refractivity (Wildman–Crippen MR) is 91.9 cm³/mol. The van der Waals surface area contributed by atoms with Crippen LogP contribution in [0.2, 0.25) is 0 Å². The van der Waals surface area contributed by atoms with E-state index >= 15 is 0 Å². The van der Waals surface area contributed by atoms with Crippen molar-refractivity contribution < 1.29 is 4.74 Å². The first kappa shape index (κ1) is 16.1. The molecule has 0 bridgehead atoms. The molecular weight excluding hydrogens is 326 g/mol. The molecule has 0 amide bonds. The van der Waals surface area contributed by atoms with E-state index in [-0.39, 0.29) is 6.04 Å². The van der Waals surface area contributed by atoms with Crippen molar-refractivity contribution in [3.05, 3.63) is 64.1 Å². The molecule has 0 aliphatic carbocycles. The summed E-state index contributed by atoms with van der Waals surface area (Å²) >= 11 is 3.64. The second-order valence-electron chi connectivity index (χ2n) is 4.91. The van der Waals surface area contributed by atoms with Crippen molar-refractivity contribution in [3.8, 4) is 5.75 Å². The summed E-state index contributed by atoms with van der Waals surface area (Å²) in [5, 5.41) is 3.57. The summed E-state index contributed by atoms with van der Waals surface area (Å²) in [6.45, 7) is 5.78. The van der Waals surface area contributed by atoms with Gasteiger partial charge in [0.15, 0.2) is 0 Å². The smallest absolute Gasteiger partial charge is 0.119 e. The summed E-state index contributed by atoms with van der Waals surface area (Å²) in [7, 11) is 0. The van der Waals surface area contributed by atoms with Crippen LogP contribution >= 0.6 is 15.9 Å². The highest BCUT2D eigenvalue weighted by Crippen LogP contribution is 2.26.